The summed E-state index contributed by atoms with van der Waals surface area (Å²) >= 11 is 10.4. The standard InChI is InChI=1S/C5H2Cl2F3N3/c6-2-1(5(8,9)10)3(11)13-4(7)12-2/h(H2,11,12,13). The fourth-order valence-corrected chi connectivity index (χ4v) is 1.19. The number of halogens is 5. The van der Waals surface area contributed by atoms with Crippen LogP contribution in [-0.4, -0.2) is 9.97 Å². The molecule has 0 unspecified atom stereocenters. The molecule has 0 aliphatic rings. The van der Waals surface area contributed by atoms with Gasteiger partial charge in [0.1, 0.15) is 16.5 Å². The van der Waals surface area contributed by atoms with E-state index < -0.39 is 28.0 Å². The van der Waals surface area contributed by atoms with Gasteiger partial charge < -0.3 is 5.73 Å². The zero-order chi connectivity index (χ0) is 10.2. The third-order valence-electron chi connectivity index (χ3n) is 1.15. The Morgan fingerprint density at radius 1 is 1.15 bits per heavy atom. The van der Waals surface area contributed by atoms with Gasteiger partial charge in [-0.25, -0.2) is 9.97 Å². The summed E-state index contributed by atoms with van der Waals surface area (Å²) in [5.74, 6) is -0.780. The molecule has 72 valence electrons. The molecule has 0 aliphatic carbocycles. The van der Waals surface area contributed by atoms with Crippen molar-refractivity contribution in [3.05, 3.63) is 16.0 Å². The second kappa shape index (κ2) is 3.19. The van der Waals surface area contributed by atoms with Gasteiger partial charge in [-0.2, -0.15) is 13.2 Å². The number of anilines is 1. The summed E-state index contributed by atoms with van der Waals surface area (Å²) in [6, 6.07) is 0. The highest BCUT2D eigenvalue weighted by atomic mass is 35.5. The Bertz CT molecular complexity index is 315. The molecule has 2 N–H and O–H groups in total. The highest BCUT2D eigenvalue weighted by Crippen LogP contribution is 2.37. The first-order chi connectivity index (χ1) is 5.82. The maximum atomic E-state index is 12.2. The zero-order valence-electron chi connectivity index (χ0n) is 5.86. The van der Waals surface area contributed by atoms with Gasteiger partial charge in [0.15, 0.2) is 0 Å². The minimum atomic E-state index is -4.67. The molecule has 0 saturated heterocycles. The quantitative estimate of drug-likeness (QED) is 0.551. The van der Waals surface area contributed by atoms with Crippen LogP contribution in [0.25, 0.3) is 0 Å². The number of nitrogen functional groups attached to an aromatic ring is 1. The van der Waals surface area contributed by atoms with Crippen LogP contribution in [0.4, 0.5) is 19.0 Å². The van der Waals surface area contributed by atoms with Crippen LogP contribution in [0.1, 0.15) is 5.56 Å². The summed E-state index contributed by atoms with van der Waals surface area (Å²) < 4.78 is 36.5. The molecule has 1 aromatic heterocycles. The Hall–Kier alpha value is -0.750. The number of nitrogens with zero attached hydrogens (tertiary/aromatic N) is 2. The van der Waals surface area contributed by atoms with Crippen LogP contribution in [0.5, 0.6) is 0 Å². The van der Waals surface area contributed by atoms with Gasteiger partial charge in [0.25, 0.3) is 0 Å². The Morgan fingerprint density at radius 2 is 1.69 bits per heavy atom. The molecule has 0 aliphatic heterocycles. The highest BCUT2D eigenvalue weighted by Gasteiger charge is 2.37. The molecule has 0 aromatic carbocycles. The van der Waals surface area contributed by atoms with E-state index in [0.717, 1.165) is 0 Å². The molecular weight excluding hydrogens is 230 g/mol. The van der Waals surface area contributed by atoms with Crippen molar-refractivity contribution in [2.75, 3.05) is 5.73 Å². The van der Waals surface area contributed by atoms with E-state index in [1.807, 2.05) is 0 Å². The van der Waals surface area contributed by atoms with Crippen molar-refractivity contribution in [1.82, 2.24) is 9.97 Å². The summed E-state index contributed by atoms with van der Waals surface area (Å²) in [5.41, 5.74) is 3.70. The molecule has 0 spiro atoms. The minimum absolute atomic E-state index is 0.421. The van der Waals surface area contributed by atoms with E-state index in [-0.39, 0.29) is 0 Å². The summed E-state index contributed by atoms with van der Waals surface area (Å²) in [6.45, 7) is 0. The fourth-order valence-electron chi connectivity index (χ4n) is 0.685. The van der Waals surface area contributed by atoms with Gasteiger partial charge in [0, 0.05) is 0 Å². The maximum Gasteiger partial charge on any atom is 0.422 e. The molecule has 0 bridgehead atoms. The fraction of sp³-hybridized carbons (Fsp3) is 0.200. The lowest BCUT2D eigenvalue weighted by Gasteiger charge is -2.09. The van der Waals surface area contributed by atoms with Gasteiger partial charge in [0.05, 0.1) is 0 Å². The van der Waals surface area contributed by atoms with Gasteiger partial charge >= 0.3 is 6.18 Å². The average Bonchev–Trinajstić information content (AvgIpc) is 1.78. The number of nitrogens with two attached hydrogens (primary N) is 1. The van der Waals surface area contributed by atoms with Crippen molar-refractivity contribution < 1.29 is 13.2 Å². The number of rotatable bonds is 0. The molecule has 0 fully saturated rings. The number of aromatic nitrogens is 2. The van der Waals surface area contributed by atoms with Crippen LogP contribution < -0.4 is 5.73 Å². The maximum absolute atomic E-state index is 12.2. The molecule has 3 nitrogen and oxygen atoms in total. The average molecular weight is 232 g/mol. The number of alkyl halides is 3. The van der Waals surface area contributed by atoms with E-state index >= 15 is 0 Å². The zero-order valence-corrected chi connectivity index (χ0v) is 7.37. The van der Waals surface area contributed by atoms with Gasteiger partial charge in [-0.3, -0.25) is 0 Å². The van der Waals surface area contributed by atoms with Gasteiger partial charge in [-0.15, -0.1) is 0 Å². The molecule has 13 heavy (non-hydrogen) atoms. The predicted octanol–water partition coefficient (Wildman–Crippen LogP) is 2.38. The molecule has 1 rings (SSSR count). The highest BCUT2D eigenvalue weighted by molar-refractivity contribution is 6.32. The van der Waals surface area contributed by atoms with Gasteiger partial charge in [-0.1, -0.05) is 11.6 Å². The van der Waals surface area contributed by atoms with Crippen LogP contribution in [0.15, 0.2) is 0 Å². The van der Waals surface area contributed by atoms with E-state index in [1.165, 1.54) is 0 Å². The summed E-state index contributed by atoms with van der Waals surface area (Å²) in [5, 5.41) is -1.22. The van der Waals surface area contributed by atoms with Crippen LogP contribution >= 0.6 is 23.2 Å². The first-order valence-corrected chi connectivity index (χ1v) is 3.63. The Labute approximate surface area is 80.7 Å². The molecule has 0 radical (unpaired) electrons. The lowest BCUT2D eigenvalue weighted by Crippen LogP contribution is -2.12. The van der Waals surface area contributed by atoms with Crippen molar-refractivity contribution in [3.63, 3.8) is 0 Å². The lowest BCUT2D eigenvalue weighted by atomic mass is 10.3. The van der Waals surface area contributed by atoms with E-state index in [2.05, 4.69) is 9.97 Å². The third kappa shape index (κ3) is 2.13. The van der Waals surface area contributed by atoms with E-state index in [0.29, 0.717) is 0 Å². The van der Waals surface area contributed by atoms with Crippen molar-refractivity contribution in [2.24, 2.45) is 0 Å². The van der Waals surface area contributed by atoms with Crippen LogP contribution in [-0.2, 0) is 6.18 Å². The van der Waals surface area contributed by atoms with Gasteiger partial charge in [0.2, 0.25) is 5.28 Å². The monoisotopic (exact) mass is 231 g/mol. The molecule has 0 atom stereocenters. The Kier molecular flexibility index (Phi) is 2.53. The summed E-state index contributed by atoms with van der Waals surface area (Å²) in [6.07, 6.45) is -4.67. The molecule has 1 aromatic rings. The Morgan fingerprint density at radius 3 is 2.08 bits per heavy atom. The Balaban J connectivity index is 3.38. The van der Waals surface area contributed by atoms with Crippen molar-refractivity contribution >= 4 is 29.0 Å². The van der Waals surface area contributed by atoms with E-state index in [9.17, 15) is 13.2 Å². The van der Waals surface area contributed by atoms with Crippen LogP contribution in [0.2, 0.25) is 10.4 Å². The van der Waals surface area contributed by atoms with Crippen molar-refractivity contribution in [1.29, 1.82) is 0 Å². The van der Waals surface area contributed by atoms with Gasteiger partial charge in [-0.05, 0) is 11.6 Å². The topological polar surface area (TPSA) is 51.8 Å². The second-order valence-corrected chi connectivity index (χ2v) is 2.74. The van der Waals surface area contributed by atoms with Crippen molar-refractivity contribution in [3.8, 4) is 0 Å². The normalized spacial score (nSPS) is 11.8. The largest absolute Gasteiger partial charge is 0.422 e. The first kappa shape index (κ1) is 10.3. The molecule has 0 amide bonds. The molecular formula is C5H2Cl2F3N3. The molecule has 0 saturated carbocycles. The van der Waals surface area contributed by atoms with E-state index in [1.54, 1.807) is 0 Å². The summed E-state index contributed by atoms with van der Waals surface area (Å²) in [7, 11) is 0. The van der Waals surface area contributed by atoms with Crippen molar-refractivity contribution in [2.45, 2.75) is 6.18 Å². The minimum Gasteiger partial charge on any atom is -0.383 e. The van der Waals surface area contributed by atoms with E-state index in [4.69, 9.17) is 28.9 Å². The van der Waals surface area contributed by atoms with Crippen LogP contribution in [0.3, 0.4) is 0 Å². The molecule has 1 heterocycles. The predicted molar refractivity (Wildman–Crippen MR) is 41.5 cm³/mol. The smallest absolute Gasteiger partial charge is 0.383 e. The molecule has 8 heteroatoms. The van der Waals surface area contributed by atoms with Crippen LogP contribution in [0, 0.1) is 0 Å². The lowest BCUT2D eigenvalue weighted by molar-refractivity contribution is -0.137. The number of hydrogen-bond donors (Lipinski definition) is 1. The third-order valence-corrected chi connectivity index (χ3v) is 1.59. The first-order valence-electron chi connectivity index (χ1n) is 2.88. The second-order valence-electron chi connectivity index (χ2n) is 2.04. The SMILES string of the molecule is Nc1nc(Cl)nc(Cl)c1C(F)(F)F. The summed E-state index contributed by atoms with van der Waals surface area (Å²) in [4.78, 5) is 6.25. The number of hydrogen-bond acceptors (Lipinski definition) is 3.